The van der Waals surface area contributed by atoms with Crippen LogP contribution in [0.4, 0.5) is 0 Å². The van der Waals surface area contributed by atoms with Crippen molar-refractivity contribution in [3.8, 4) is 0 Å². The molecule has 0 spiro atoms. The molecule has 26 heavy (non-hydrogen) atoms. The third-order valence-corrected chi connectivity index (χ3v) is 4.62. The van der Waals surface area contributed by atoms with Crippen LogP contribution in [0, 0.1) is 5.92 Å². The molecule has 1 unspecified atom stereocenters. The maximum Gasteiger partial charge on any atom is 0.340 e. The number of likely N-dealkylation sites (tertiary alicyclic amines) is 1. The smallest absolute Gasteiger partial charge is 0.340 e. The van der Waals surface area contributed by atoms with Crippen LogP contribution in [0.3, 0.4) is 0 Å². The van der Waals surface area contributed by atoms with Crippen LogP contribution in [-0.2, 0) is 22.6 Å². The summed E-state index contributed by atoms with van der Waals surface area (Å²) in [6.45, 7) is 1.24. The first-order valence-corrected chi connectivity index (χ1v) is 8.82. The van der Waals surface area contributed by atoms with Crippen LogP contribution < -0.4 is 11.0 Å². The van der Waals surface area contributed by atoms with E-state index in [2.05, 4.69) is 20.5 Å². The van der Waals surface area contributed by atoms with Crippen molar-refractivity contribution in [1.82, 2.24) is 25.4 Å². The maximum atomic E-state index is 12.4. The third kappa shape index (κ3) is 4.72. The summed E-state index contributed by atoms with van der Waals surface area (Å²) in [6.07, 6.45) is 1.34. The van der Waals surface area contributed by atoms with Crippen LogP contribution in [-0.4, -0.2) is 45.0 Å². The first kappa shape index (κ1) is 18.2. The molecule has 1 aromatic heterocycles. The van der Waals surface area contributed by atoms with Gasteiger partial charge in [-0.2, -0.15) is 5.10 Å². The van der Waals surface area contributed by atoms with E-state index in [-0.39, 0.29) is 23.4 Å². The van der Waals surface area contributed by atoms with Gasteiger partial charge in [0.25, 0.3) is 0 Å². The van der Waals surface area contributed by atoms with Crippen molar-refractivity contribution >= 4 is 23.4 Å². The molecule has 1 aliphatic rings. The normalized spacial score (nSPS) is 17.3. The number of amides is 2. The standard InChI is InChI=1S/C17H20ClN5O3/c18-13-4-1-11(2-5-13)9-23-10-12(3-6-15(23)24)16(25)19-8-7-14-20-17(26)22-21-14/h1-2,4-5,12H,3,6-10H2,(H,19,25)(H2,20,21,22,26). The summed E-state index contributed by atoms with van der Waals surface area (Å²) in [5.41, 5.74) is 0.612. The lowest BCUT2D eigenvalue weighted by Crippen LogP contribution is -2.45. The number of carbonyl (C=O) groups excluding carboxylic acids is 2. The van der Waals surface area contributed by atoms with E-state index < -0.39 is 0 Å². The van der Waals surface area contributed by atoms with Crippen LogP contribution in [0.2, 0.25) is 5.02 Å². The second-order valence-electron chi connectivity index (χ2n) is 6.30. The lowest BCUT2D eigenvalue weighted by atomic mass is 9.96. The average molecular weight is 378 g/mol. The van der Waals surface area contributed by atoms with Gasteiger partial charge in [0.2, 0.25) is 11.8 Å². The quantitative estimate of drug-likeness (QED) is 0.692. The molecule has 1 saturated heterocycles. The molecule has 0 saturated carbocycles. The van der Waals surface area contributed by atoms with E-state index >= 15 is 0 Å². The van der Waals surface area contributed by atoms with Crippen LogP contribution in [0.15, 0.2) is 29.1 Å². The van der Waals surface area contributed by atoms with E-state index in [1.165, 1.54) is 0 Å². The molecule has 0 bridgehead atoms. The number of hydrogen-bond donors (Lipinski definition) is 3. The zero-order valence-electron chi connectivity index (χ0n) is 14.1. The van der Waals surface area contributed by atoms with Crippen molar-refractivity contribution in [3.05, 3.63) is 51.2 Å². The lowest BCUT2D eigenvalue weighted by Gasteiger charge is -2.32. The summed E-state index contributed by atoms with van der Waals surface area (Å²) in [6, 6.07) is 7.33. The number of halogens is 1. The Balaban J connectivity index is 1.51. The van der Waals surface area contributed by atoms with Crippen molar-refractivity contribution in [1.29, 1.82) is 0 Å². The molecule has 1 aromatic carbocycles. The van der Waals surface area contributed by atoms with Gasteiger partial charge in [-0.15, -0.1) is 0 Å². The predicted molar refractivity (Wildman–Crippen MR) is 95.5 cm³/mol. The molecular weight excluding hydrogens is 358 g/mol. The second kappa shape index (κ2) is 8.18. The first-order chi connectivity index (χ1) is 12.5. The minimum absolute atomic E-state index is 0.0538. The number of nitrogens with one attached hydrogen (secondary N) is 3. The molecule has 138 valence electrons. The summed E-state index contributed by atoms with van der Waals surface area (Å²) >= 11 is 5.88. The van der Waals surface area contributed by atoms with Gasteiger partial charge < -0.3 is 10.2 Å². The SMILES string of the molecule is O=C(NCCc1n[nH]c(=O)[nH]1)C1CCC(=O)N(Cc2ccc(Cl)cc2)C1. The highest BCUT2D eigenvalue weighted by Gasteiger charge is 2.30. The lowest BCUT2D eigenvalue weighted by molar-refractivity contribution is -0.138. The van der Waals surface area contributed by atoms with Crippen molar-refractivity contribution in [2.24, 2.45) is 5.92 Å². The number of nitrogens with zero attached hydrogens (tertiary/aromatic N) is 2. The molecule has 2 amide bonds. The Bertz CT molecular complexity index is 829. The Hall–Kier alpha value is -2.61. The fraction of sp³-hybridized carbons (Fsp3) is 0.412. The van der Waals surface area contributed by atoms with Gasteiger partial charge in [-0.05, 0) is 24.1 Å². The molecule has 1 aliphatic heterocycles. The van der Waals surface area contributed by atoms with E-state index in [0.29, 0.717) is 49.7 Å². The molecule has 9 heteroatoms. The van der Waals surface area contributed by atoms with Gasteiger partial charge in [0.05, 0.1) is 5.92 Å². The Labute approximate surface area is 154 Å². The summed E-state index contributed by atoms with van der Waals surface area (Å²) in [5, 5.41) is 9.57. The molecule has 3 rings (SSSR count). The van der Waals surface area contributed by atoms with Crippen LogP contribution in [0.5, 0.6) is 0 Å². The molecule has 1 fully saturated rings. The first-order valence-electron chi connectivity index (χ1n) is 8.45. The van der Waals surface area contributed by atoms with Crippen LogP contribution in [0.1, 0.15) is 24.2 Å². The van der Waals surface area contributed by atoms with Gasteiger partial charge in [-0.1, -0.05) is 23.7 Å². The topological polar surface area (TPSA) is 111 Å². The third-order valence-electron chi connectivity index (χ3n) is 4.37. The fourth-order valence-corrected chi connectivity index (χ4v) is 3.09. The number of aromatic amines is 2. The Kier molecular flexibility index (Phi) is 5.72. The van der Waals surface area contributed by atoms with Crippen molar-refractivity contribution in [2.45, 2.75) is 25.8 Å². The molecule has 3 N–H and O–H groups in total. The summed E-state index contributed by atoms with van der Waals surface area (Å²) < 4.78 is 0. The molecule has 0 radical (unpaired) electrons. The number of H-pyrrole nitrogens is 2. The molecular formula is C17H20ClN5O3. The number of hydrogen-bond acceptors (Lipinski definition) is 4. The van der Waals surface area contributed by atoms with Gasteiger partial charge in [0, 0.05) is 37.5 Å². The molecule has 8 nitrogen and oxygen atoms in total. The van der Waals surface area contributed by atoms with E-state index in [1.807, 2.05) is 12.1 Å². The second-order valence-corrected chi connectivity index (χ2v) is 6.74. The van der Waals surface area contributed by atoms with E-state index in [0.717, 1.165) is 5.56 Å². The van der Waals surface area contributed by atoms with Gasteiger partial charge >= 0.3 is 5.69 Å². The number of benzene rings is 1. The predicted octanol–water partition coefficient (Wildman–Crippen LogP) is 0.849. The largest absolute Gasteiger partial charge is 0.355 e. The Morgan fingerprint density at radius 2 is 2.08 bits per heavy atom. The zero-order valence-corrected chi connectivity index (χ0v) is 14.9. The average Bonchev–Trinajstić information content (AvgIpc) is 3.04. The van der Waals surface area contributed by atoms with E-state index in [9.17, 15) is 14.4 Å². The van der Waals surface area contributed by atoms with E-state index in [4.69, 9.17) is 11.6 Å². The summed E-state index contributed by atoms with van der Waals surface area (Å²) in [7, 11) is 0. The van der Waals surface area contributed by atoms with Crippen LogP contribution in [0.25, 0.3) is 0 Å². The number of carbonyl (C=O) groups is 2. The Morgan fingerprint density at radius 1 is 1.31 bits per heavy atom. The molecule has 1 atom stereocenters. The molecule has 0 aliphatic carbocycles. The number of aromatic nitrogens is 3. The highest BCUT2D eigenvalue weighted by Crippen LogP contribution is 2.20. The fourth-order valence-electron chi connectivity index (χ4n) is 2.96. The summed E-state index contributed by atoms with van der Waals surface area (Å²) in [5.74, 6) is 0.228. The zero-order chi connectivity index (χ0) is 18.5. The van der Waals surface area contributed by atoms with Gasteiger partial charge in [-0.25, -0.2) is 9.89 Å². The van der Waals surface area contributed by atoms with Gasteiger partial charge in [-0.3, -0.25) is 14.6 Å². The highest BCUT2D eigenvalue weighted by molar-refractivity contribution is 6.30. The van der Waals surface area contributed by atoms with E-state index in [1.54, 1.807) is 17.0 Å². The highest BCUT2D eigenvalue weighted by atomic mass is 35.5. The van der Waals surface area contributed by atoms with Crippen molar-refractivity contribution < 1.29 is 9.59 Å². The minimum Gasteiger partial charge on any atom is -0.355 e. The van der Waals surface area contributed by atoms with Gasteiger partial charge in [0.1, 0.15) is 5.82 Å². The monoisotopic (exact) mass is 377 g/mol. The number of piperidine rings is 1. The van der Waals surface area contributed by atoms with Crippen LogP contribution >= 0.6 is 11.6 Å². The van der Waals surface area contributed by atoms with Crippen molar-refractivity contribution in [3.63, 3.8) is 0 Å². The minimum atomic E-state index is -0.366. The van der Waals surface area contributed by atoms with Crippen molar-refractivity contribution in [2.75, 3.05) is 13.1 Å². The molecule has 2 heterocycles. The molecule has 2 aromatic rings. The number of rotatable bonds is 6. The van der Waals surface area contributed by atoms with Gasteiger partial charge in [0.15, 0.2) is 0 Å². The summed E-state index contributed by atoms with van der Waals surface area (Å²) in [4.78, 5) is 39.7. The Morgan fingerprint density at radius 3 is 2.77 bits per heavy atom. The maximum absolute atomic E-state index is 12.4.